The maximum Gasteiger partial charge on any atom is 0.410 e. The van der Waals surface area contributed by atoms with Crippen molar-refractivity contribution >= 4 is 41.5 Å². The number of hydrogen-bond acceptors (Lipinski definition) is 12. The molecule has 4 fully saturated rings. The number of amides is 7. The Morgan fingerprint density at radius 3 is 1.52 bits per heavy atom. The predicted octanol–water partition coefficient (Wildman–Crippen LogP) is 4.00. The van der Waals surface area contributed by atoms with E-state index in [4.69, 9.17) is 23.7 Å². The van der Waals surface area contributed by atoms with Crippen LogP contribution in [0.1, 0.15) is 123 Å². The van der Waals surface area contributed by atoms with Gasteiger partial charge in [0.1, 0.15) is 59.8 Å². The van der Waals surface area contributed by atoms with Crippen molar-refractivity contribution in [3.05, 3.63) is 59.7 Å². The van der Waals surface area contributed by atoms with E-state index in [1.54, 1.807) is 32.6 Å². The molecule has 0 aliphatic carbocycles. The Morgan fingerprint density at radius 1 is 0.638 bits per heavy atom. The third kappa shape index (κ3) is 11.9. The average molecular weight is 960 g/mol. The molecule has 0 bridgehead atoms. The Balaban J connectivity index is 0.000000208. The lowest BCUT2D eigenvalue weighted by molar-refractivity contribution is -0.149. The van der Waals surface area contributed by atoms with Gasteiger partial charge in [-0.05, 0) is 71.9 Å². The van der Waals surface area contributed by atoms with E-state index < -0.39 is 60.3 Å². The maximum atomic E-state index is 13.6. The first-order valence-electron chi connectivity index (χ1n) is 24.4. The highest BCUT2D eigenvalue weighted by Crippen LogP contribution is 2.36. The van der Waals surface area contributed by atoms with Crippen molar-refractivity contribution in [2.24, 2.45) is 5.92 Å². The molecule has 0 aromatic heterocycles. The quantitative estimate of drug-likeness (QED) is 0.266. The van der Waals surface area contributed by atoms with Gasteiger partial charge in [0.25, 0.3) is 0 Å². The van der Waals surface area contributed by atoms with Crippen molar-refractivity contribution in [1.29, 1.82) is 0 Å². The summed E-state index contributed by atoms with van der Waals surface area (Å²) in [5.41, 5.74) is 1.16. The lowest BCUT2D eigenvalue weighted by Gasteiger charge is -2.33. The van der Waals surface area contributed by atoms with Crippen LogP contribution in [0.5, 0.6) is 11.5 Å². The van der Waals surface area contributed by atoms with E-state index in [9.17, 15) is 33.6 Å². The van der Waals surface area contributed by atoms with Crippen molar-refractivity contribution < 1.29 is 57.2 Å². The van der Waals surface area contributed by atoms with E-state index in [2.05, 4.69) is 21.3 Å². The number of benzene rings is 2. The maximum absolute atomic E-state index is 13.6. The molecule has 6 heterocycles. The molecular weight excluding hydrogens is 891 g/mol. The molecule has 6 aliphatic rings. The van der Waals surface area contributed by atoms with Crippen LogP contribution in [0.25, 0.3) is 0 Å². The molecule has 6 aliphatic heterocycles. The first-order chi connectivity index (χ1) is 32.9. The fourth-order valence-electron chi connectivity index (χ4n) is 9.49. The molecule has 69 heavy (non-hydrogen) atoms. The molecule has 19 heteroatoms. The number of fused-ring (bicyclic) bond motifs is 4. The normalized spacial score (nSPS) is 27.0. The number of nitrogens with zero attached hydrogens (tertiary/aromatic N) is 3. The number of para-hydroxylation sites is 2. The van der Waals surface area contributed by atoms with Gasteiger partial charge in [0.05, 0.1) is 38.5 Å². The molecule has 4 N–H and O–H groups in total. The van der Waals surface area contributed by atoms with Gasteiger partial charge in [-0.15, -0.1) is 0 Å². The number of ether oxygens (including phenoxy) is 5. The summed E-state index contributed by atoms with van der Waals surface area (Å²) < 4.78 is 28.5. The van der Waals surface area contributed by atoms with Crippen LogP contribution >= 0.6 is 0 Å². The van der Waals surface area contributed by atoms with Crippen LogP contribution in [-0.4, -0.2) is 138 Å². The van der Waals surface area contributed by atoms with Crippen LogP contribution in [0, 0.1) is 5.92 Å². The topological polar surface area (TPSA) is 223 Å². The van der Waals surface area contributed by atoms with E-state index in [1.807, 2.05) is 62.4 Å². The summed E-state index contributed by atoms with van der Waals surface area (Å²) in [6.45, 7) is 12.2. The molecule has 19 nitrogen and oxygen atoms in total. The van der Waals surface area contributed by atoms with E-state index >= 15 is 0 Å². The molecule has 4 saturated heterocycles. The molecule has 0 radical (unpaired) electrons. The summed E-state index contributed by atoms with van der Waals surface area (Å²) in [7, 11) is 1.47. The number of likely N-dealkylation sites (N-methyl/N-ethyl adjacent to an activating group) is 1. The Bertz CT molecular complexity index is 2220. The summed E-state index contributed by atoms with van der Waals surface area (Å²) in [5.74, 6) is -0.305. The summed E-state index contributed by atoms with van der Waals surface area (Å²) in [6, 6.07) is 11.2. The van der Waals surface area contributed by atoms with Crippen LogP contribution in [0.4, 0.5) is 4.79 Å². The largest absolute Gasteiger partial charge is 0.493 e. The number of carbonyl (C=O) groups excluding carboxylic acids is 7. The lowest BCUT2D eigenvalue weighted by atomic mass is 10.00. The zero-order valence-electron chi connectivity index (χ0n) is 40.8. The van der Waals surface area contributed by atoms with Gasteiger partial charge >= 0.3 is 6.09 Å². The van der Waals surface area contributed by atoms with Crippen LogP contribution in [0.3, 0.4) is 0 Å². The minimum Gasteiger partial charge on any atom is -0.493 e. The lowest BCUT2D eigenvalue weighted by Crippen LogP contribution is -2.57. The van der Waals surface area contributed by atoms with Crippen LogP contribution in [0.2, 0.25) is 0 Å². The van der Waals surface area contributed by atoms with Crippen molar-refractivity contribution in [2.75, 3.05) is 33.5 Å². The van der Waals surface area contributed by atoms with Crippen molar-refractivity contribution in [1.82, 2.24) is 36.0 Å². The second-order valence-corrected chi connectivity index (χ2v) is 19.6. The van der Waals surface area contributed by atoms with Gasteiger partial charge in [-0.3, -0.25) is 33.7 Å². The average Bonchev–Trinajstić information content (AvgIpc) is 3.89. The number of carbonyl (C=O) groups is 7. The highest BCUT2D eigenvalue weighted by Gasteiger charge is 2.48. The Kier molecular flexibility index (Phi) is 16.4. The summed E-state index contributed by atoms with van der Waals surface area (Å²) in [5, 5.41) is 11.8. The Labute approximate surface area is 404 Å². The molecule has 8 rings (SSSR count). The van der Waals surface area contributed by atoms with E-state index in [-0.39, 0.29) is 60.6 Å². The van der Waals surface area contributed by atoms with Gasteiger partial charge in [-0.2, -0.15) is 0 Å². The zero-order chi connectivity index (χ0) is 49.6. The minimum absolute atomic E-state index is 0.140. The van der Waals surface area contributed by atoms with Crippen LogP contribution < -0.4 is 30.7 Å². The number of nitrogens with one attached hydrogen (secondary N) is 4. The van der Waals surface area contributed by atoms with Crippen molar-refractivity contribution in [3.8, 4) is 11.5 Å². The third-order valence-corrected chi connectivity index (χ3v) is 13.7. The molecule has 376 valence electrons. The van der Waals surface area contributed by atoms with Gasteiger partial charge in [0.2, 0.25) is 35.4 Å². The van der Waals surface area contributed by atoms with Crippen molar-refractivity contribution in [3.63, 3.8) is 0 Å². The summed E-state index contributed by atoms with van der Waals surface area (Å²) in [6.07, 6.45) is 3.26. The van der Waals surface area contributed by atoms with Gasteiger partial charge < -0.3 is 54.8 Å². The second kappa shape index (κ2) is 22.2. The van der Waals surface area contributed by atoms with Gasteiger partial charge in [0, 0.05) is 49.8 Å². The Hall–Kier alpha value is -5.95. The summed E-state index contributed by atoms with van der Waals surface area (Å²) in [4.78, 5) is 95.5. The fraction of sp³-hybridized carbons (Fsp3) is 0.620. The van der Waals surface area contributed by atoms with E-state index in [0.29, 0.717) is 71.2 Å². The minimum atomic E-state index is -0.876. The molecular formula is C50H69N7O12. The second-order valence-electron chi connectivity index (χ2n) is 19.6. The number of hydrogen-bond donors (Lipinski definition) is 4. The monoisotopic (exact) mass is 960 g/mol. The molecule has 2 aromatic carbocycles. The zero-order valence-corrected chi connectivity index (χ0v) is 40.8. The Morgan fingerprint density at radius 2 is 1.07 bits per heavy atom. The van der Waals surface area contributed by atoms with Gasteiger partial charge in [-0.1, -0.05) is 50.2 Å². The molecule has 2 aromatic rings. The molecule has 0 unspecified atom stereocenters. The molecule has 10 atom stereocenters. The summed E-state index contributed by atoms with van der Waals surface area (Å²) >= 11 is 0. The predicted molar refractivity (Wildman–Crippen MR) is 250 cm³/mol. The van der Waals surface area contributed by atoms with Crippen LogP contribution in [0.15, 0.2) is 48.5 Å². The highest BCUT2D eigenvalue weighted by atomic mass is 16.6. The molecule has 7 amide bonds. The molecule has 0 spiro atoms. The van der Waals surface area contributed by atoms with Crippen LogP contribution in [-0.2, 0) is 43.0 Å². The third-order valence-electron chi connectivity index (χ3n) is 13.7. The standard InChI is InChI=1S/C27H38N4O7.C23H31N3O5/c1-16(30(5)26(35)38-27(2,3)4)23(32)29-19-13-15-37-22-11-10-20(31(22)25(19)34)24(33)28-18-12-14-36-21-9-7-6-8-17(18)21;1-3-14(2)21(27)25-17-11-13-31-20-9-8-18(26(20)23(17)29)22(28)24-16-10-12-30-19-7-5-4-6-15(16)19/h6-9,16,18-20,22H,10-15H2,1-5H3,(H,28,33)(H,29,32);4-7,14,16-18,20H,3,8-13H2,1-2H3,(H,24,28)(H,25,27)/t16-,18-,19-,20+,22-;14-,16+,17+,18-,20+/m01/s1. The smallest absolute Gasteiger partial charge is 0.410 e. The molecule has 0 saturated carbocycles. The number of rotatable bonds is 10. The van der Waals surface area contributed by atoms with Crippen molar-refractivity contribution in [2.45, 2.75) is 160 Å². The highest BCUT2D eigenvalue weighted by molar-refractivity contribution is 5.95. The SMILES string of the molecule is CC[C@@H](C)C(=O)N[C@H]1CCO[C@H]2CC[C@H](C(=O)N[C@H]3CCOc4ccccc43)N2C1=O.C[C@@H](C(=O)N[C@H]1CCO[C@H]2CC[C@H](C(=O)N[C@H]3CCOc4ccccc43)N2C1=O)N(C)C(=O)OC(C)(C)C. The van der Waals surface area contributed by atoms with Gasteiger partial charge in [0.15, 0.2) is 0 Å². The van der Waals surface area contributed by atoms with E-state index in [1.165, 1.54) is 16.8 Å². The first-order valence-corrected chi connectivity index (χ1v) is 24.4. The van der Waals surface area contributed by atoms with E-state index in [0.717, 1.165) is 22.6 Å². The van der Waals surface area contributed by atoms with Gasteiger partial charge in [-0.25, -0.2) is 4.79 Å². The first kappa shape index (κ1) is 50.9. The fourth-order valence-corrected chi connectivity index (χ4v) is 9.49.